The fraction of sp³-hybridized carbons (Fsp3) is 0.160. The quantitative estimate of drug-likeness (QED) is 0.210. The van der Waals surface area contributed by atoms with Gasteiger partial charge in [0.15, 0.2) is 28.8 Å². The minimum absolute atomic E-state index is 0.0875. The van der Waals surface area contributed by atoms with Gasteiger partial charge in [0, 0.05) is 5.56 Å². The highest BCUT2D eigenvalue weighted by molar-refractivity contribution is 5.90. The molecule has 3 nitrogen and oxygen atoms in total. The Kier molecular flexibility index (Phi) is 7.71. The molecule has 0 aliphatic rings. The highest BCUT2D eigenvalue weighted by Gasteiger charge is 2.46. The smallest absolute Gasteiger partial charge is 0.422 e. The van der Waals surface area contributed by atoms with E-state index in [-0.39, 0.29) is 17.7 Å². The summed E-state index contributed by atoms with van der Waals surface area (Å²) in [5.41, 5.74) is -7.11. The van der Waals surface area contributed by atoms with Crippen LogP contribution in [0.15, 0.2) is 60.7 Å². The number of alkyl halides is 3. The Balaban J connectivity index is 2.32. The Labute approximate surface area is 200 Å². The Bertz CT molecular complexity index is 1260. The molecular weight excluding hydrogens is 498 g/mol. The molecule has 0 saturated heterocycles. The molecule has 0 amide bonds. The van der Waals surface area contributed by atoms with Gasteiger partial charge in [-0.05, 0) is 24.6 Å². The second-order valence-corrected chi connectivity index (χ2v) is 7.38. The number of nitrogens with one attached hydrogen (secondary N) is 1. The first-order valence-electron chi connectivity index (χ1n) is 10.3. The van der Waals surface area contributed by atoms with E-state index in [1.54, 1.807) is 0 Å². The standard InChI is InChI=1S/C25H17F8NO2/c1-2-36-23(35)24(15-9-4-3-5-10-15,13-12-14-8-6-7-11-16(14)26)34-22-20(29)18(27)17(25(31,32)33)19(28)21(22)30/h3-13,34H,2H2,1H3/b13-12+. The molecule has 0 aliphatic heterocycles. The lowest BCUT2D eigenvalue weighted by atomic mass is 9.87. The molecule has 0 saturated carbocycles. The summed E-state index contributed by atoms with van der Waals surface area (Å²) in [6, 6.07) is 12.1. The molecule has 0 spiro atoms. The molecular formula is C25H17F8NO2. The van der Waals surface area contributed by atoms with E-state index >= 15 is 0 Å². The summed E-state index contributed by atoms with van der Waals surface area (Å²) in [6.45, 7) is 1.14. The van der Waals surface area contributed by atoms with Crippen LogP contribution in [-0.2, 0) is 21.2 Å². The maximum absolute atomic E-state index is 14.8. The van der Waals surface area contributed by atoms with Crippen molar-refractivity contribution in [2.75, 3.05) is 11.9 Å². The van der Waals surface area contributed by atoms with Crippen molar-refractivity contribution in [3.8, 4) is 0 Å². The van der Waals surface area contributed by atoms with Crippen molar-refractivity contribution < 1.29 is 44.7 Å². The molecule has 0 heterocycles. The van der Waals surface area contributed by atoms with Gasteiger partial charge in [0.1, 0.15) is 17.1 Å². The van der Waals surface area contributed by atoms with Crippen molar-refractivity contribution in [3.63, 3.8) is 0 Å². The van der Waals surface area contributed by atoms with E-state index in [1.807, 2.05) is 5.32 Å². The van der Waals surface area contributed by atoms with Crippen LogP contribution in [0.4, 0.5) is 40.8 Å². The minimum atomic E-state index is -5.75. The van der Waals surface area contributed by atoms with Gasteiger partial charge < -0.3 is 10.1 Å². The fourth-order valence-electron chi connectivity index (χ4n) is 3.41. The van der Waals surface area contributed by atoms with Gasteiger partial charge in [0.2, 0.25) is 0 Å². The lowest BCUT2D eigenvalue weighted by Gasteiger charge is -2.32. The van der Waals surface area contributed by atoms with Crippen LogP contribution in [0.2, 0.25) is 0 Å². The predicted molar refractivity (Wildman–Crippen MR) is 115 cm³/mol. The molecule has 1 atom stereocenters. The van der Waals surface area contributed by atoms with Crippen molar-refractivity contribution in [1.82, 2.24) is 0 Å². The molecule has 3 aromatic carbocycles. The monoisotopic (exact) mass is 515 g/mol. The zero-order valence-electron chi connectivity index (χ0n) is 18.4. The minimum Gasteiger partial charge on any atom is -0.464 e. The summed E-state index contributed by atoms with van der Waals surface area (Å²) in [7, 11) is 0. The maximum Gasteiger partial charge on any atom is 0.422 e. The summed E-state index contributed by atoms with van der Waals surface area (Å²) >= 11 is 0. The zero-order chi connectivity index (χ0) is 26.7. The summed E-state index contributed by atoms with van der Waals surface area (Å²) < 4.78 is 116. The van der Waals surface area contributed by atoms with Gasteiger partial charge in [-0.3, -0.25) is 0 Å². The molecule has 11 heteroatoms. The lowest BCUT2D eigenvalue weighted by Crippen LogP contribution is -2.44. The van der Waals surface area contributed by atoms with Gasteiger partial charge in [-0.15, -0.1) is 0 Å². The first-order valence-corrected chi connectivity index (χ1v) is 10.3. The number of carbonyl (C=O) groups excluding carboxylic acids is 1. The number of hydrogen-bond acceptors (Lipinski definition) is 3. The third-order valence-electron chi connectivity index (χ3n) is 5.11. The average Bonchev–Trinajstić information content (AvgIpc) is 2.83. The number of hydrogen-bond donors (Lipinski definition) is 1. The average molecular weight is 515 g/mol. The molecule has 3 rings (SSSR count). The summed E-state index contributed by atoms with van der Waals surface area (Å²) in [4.78, 5) is 13.2. The molecule has 1 N–H and O–H groups in total. The third-order valence-corrected chi connectivity index (χ3v) is 5.11. The van der Waals surface area contributed by atoms with E-state index < -0.39 is 58.0 Å². The van der Waals surface area contributed by atoms with Gasteiger partial charge in [0.25, 0.3) is 0 Å². The molecule has 36 heavy (non-hydrogen) atoms. The van der Waals surface area contributed by atoms with Crippen molar-refractivity contribution in [1.29, 1.82) is 0 Å². The van der Waals surface area contributed by atoms with Crippen LogP contribution in [0.25, 0.3) is 6.08 Å². The molecule has 190 valence electrons. The topological polar surface area (TPSA) is 38.3 Å². The van der Waals surface area contributed by atoms with Crippen molar-refractivity contribution in [3.05, 3.63) is 106 Å². The van der Waals surface area contributed by atoms with Gasteiger partial charge in [0.05, 0.1) is 6.61 Å². The number of carbonyl (C=O) groups is 1. The number of halogens is 8. The summed E-state index contributed by atoms with van der Waals surface area (Å²) in [6.07, 6.45) is -3.79. The van der Waals surface area contributed by atoms with Crippen molar-refractivity contribution in [2.24, 2.45) is 0 Å². The third kappa shape index (κ3) is 5.05. The molecule has 0 aromatic heterocycles. The van der Waals surface area contributed by atoms with Crippen LogP contribution in [0, 0.1) is 29.1 Å². The largest absolute Gasteiger partial charge is 0.464 e. The van der Waals surface area contributed by atoms with Crippen LogP contribution < -0.4 is 5.32 Å². The van der Waals surface area contributed by atoms with Gasteiger partial charge in [-0.1, -0.05) is 54.6 Å². The van der Waals surface area contributed by atoms with E-state index in [1.165, 1.54) is 55.5 Å². The van der Waals surface area contributed by atoms with Crippen LogP contribution >= 0.6 is 0 Å². The van der Waals surface area contributed by atoms with Crippen LogP contribution in [0.3, 0.4) is 0 Å². The van der Waals surface area contributed by atoms with E-state index in [0.29, 0.717) is 0 Å². The van der Waals surface area contributed by atoms with E-state index in [9.17, 15) is 39.9 Å². The first kappa shape index (κ1) is 26.7. The molecule has 0 aliphatic carbocycles. The van der Waals surface area contributed by atoms with E-state index in [0.717, 1.165) is 18.2 Å². The van der Waals surface area contributed by atoms with Crippen LogP contribution in [0.1, 0.15) is 23.6 Å². The molecule has 0 fully saturated rings. The number of anilines is 1. The summed E-state index contributed by atoms with van der Waals surface area (Å²) in [5, 5.41) is 2.00. The Hall–Kier alpha value is -3.89. The number of ether oxygens (including phenoxy) is 1. The van der Waals surface area contributed by atoms with Gasteiger partial charge >= 0.3 is 12.1 Å². The summed E-state index contributed by atoms with van der Waals surface area (Å²) in [5.74, 6) is -12.3. The van der Waals surface area contributed by atoms with Gasteiger partial charge in [-0.25, -0.2) is 26.7 Å². The Morgan fingerprint density at radius 3 is 1.94 bits per heavy atom. The number of benzene rings is 3. The van der Waals surface area contributed by atoms with Gasteiger partial charge in [-0.2, -0.15) is 13.2 Å². The zero-order valence-corrected chi connectivity index (χ0v) is 18.4. The Morgan fingerprint density at radius 1 is 0.861 bits per heavy atom. The first-order chi connectivity index (χ1) is 16.9. The van der Waals surface area contributed by atoms with E-state index in [4.69, 9.17) is 4.74 Å². The molecule has 0 bridgehead atoms. The SMILES string of the molecule is CCOC(=O)C(/C=C/c1ccccc1F)(Nc1c(F)c(F)c(C(F)(F)F)c(F)c1F)c1ccccc1. The highest BCUT2D eigenvalue weighted by Crippen LogP contribution is 2.41. The normalized spacial score (nSPS) is 13.5. The molecule has 1 unspecified atom stereocenters. The predicted octanol–water partition coefficient (Wildman–Crippen LogP) is 6.98. The number of esters is 1. The molecule has 3 aromatic rings. The Morgan fingerprint density at radius 2 is 1.42 bits per heavy atom. The fourth-order valence-corrected chi connectivity index (χ4v) is 3.41. The maximum atomic E-state index is 14.8. The second-order valence-electron chi connectivity index (χ2n) is 7.38. The van der Waals surface area contributed by atoms with Crippen LogP contribution in [0.5, 0.6) is 0 Å². The number of rotatable bonds is 7. The van der Waals surface area contributed by atoms with Crippen LogP contribution in [-0.4, -0.2) is 12.6 Å². The van der Waals surface area contributed by atoms with Crippen molar-refractivity contribution in [2.45, 2.75) is 18.6 Å². The molecule has 0 radical (unpaired) electrons. The second kappa shape index (κ2) is 10.4. The van der Waals surface area contributed by atoms with E-state index in [2.05, 4.69) is 0 Å². The lowest BCUT2D eigenvalue weighted by molar-refractivity contribution is -0.147. The highest BCUT2D eigenvalue weighted by atomic mass is 19.4. The van der Waals surface area contributed by atoms with Crippen molar-refractivity contribution >= 4 is 17.7 Å².